The Morgan fingerprint density at radius 3 is 2.32 bits per heavy atom. The molecule has 6 rings (SSSR count). The Bertz CT molecular complexity index is 1490. The van der Waals surface area contributed by atoms with Crippen molar-refractivity contribution in [1.82, 2.24) is 24.6 Å². The van der Waals surface area contributed by atoms with Gasteiger partial charge in [-0.05, 0) is 106 Å². The molecule has 0 aliphatic carbocycles. The molecular weight excluding hydrogens is 510 g/mol. The highest BCUT2D eigenvalue weighted by molar-refractivity contribution is 5.91. The average molecular weight is 556 g/mol. The third-order valence-corrected chi connectivity index (χ3v) is 9.51. The lowest BCUT2D eigenvalue weighted by Gasteiger charge is -2.42. The van der Waals surface area contributed by atoms with Crippen molar-refractivity contribution in [2.24, 2.45) is 7.05 Å². The molecule has 0 bridgehead atoms. The van der Waals surface area contributed by atoms with Crippen LogP contribution in [0.2, 0.25) is 0 Å². The minimum atomic E-state index is 0.632. The first-order valence-corrected chi connectivity index (χ1v) is 15.3. The summed E-state index contributed by atoms with van der Waals surface area (Å²) in [5.74, 6) is 2.14. The lowest BCUT2D eigenvalue weighted by atomic mass is 9.87. The second-order valence-corrected chi connectivity index (χ2v) is 11.9. The summed E-state index contributed by atoms with van der Waals surface area (Å²) in [5, 5.41) is 5.88. The molecule has 218 valence electrons. The average Bonchev–Trinajstić information content (AvgIpc) is 3.54. The van der Waals surface area contributed by atoms with E-state index >= 15 is 0 Å². The highest BCUT2D eigenvalue weighted by Gasteiger charge is 2.29. The Balaban J connectivity index is 1.10. The Hall–Kier alpha value is -3.29. The molecule has 0 radical (unpaired) electrons. The third-order valence-electron chi connectivity index (χ3n) is 9.51. The number of benzene rings is 2. The number of hydrogen-bond donors (Lipinski definition) is 1. The fourth-order valence-electron chi connectivity index (χ4n) is 7.21. The molecule has 2 fully saturated rings. The maximum Gasteiger partial charge on any atom is 0.161 e. The van der Waals surface area contributed by atoms with Gasteiger partial charge in [0.05, 0.1) is 25.6 Å². The first-order chi connectivity index (χ1) is 20.0. The summed E-state index contributed by atoms with van der Waals surface area (Å²) in [4.78, 5) is 9.10. The van der Waals surface area contributed by atoms with Gasteiger partial charge in [0.15, 0.2) is 11.5 Å². The van der Waals surface area contributed by atoms with Gasteiger partial charge in [-0.1, -0.05) is 13.0 Å². The fraction of sp³-hybridized carbons (Fsp3) is 0.500. The van der Waals surface area contributed by atoms with Crippen molar-refractivity contribution < 1.29 is 9.47 Å². The van der Waals surface area contributed by atoms with Crippen molar-refractivity contribution in [2.75, 3.05) is 40.4 Å². The summed E-state index contributed by atoms with van der Waals surface area (Å²) in [6.07, 6.45) is 6.01. The van der Waals surface area contributed by atoms with Gasteiger partial charge in [0, 0.05) is 54.9 Å². The molecule has 0 unspecified atom stereocenters. The number of aromatic nitrogens is 3. The Morgan fingerprint density at radius 2 is 1.66 bits per heavy atom. The first kappa shape index (κ1) is 27.9. The van der Waals surface area contributed by atoms with E-state index in [1.54, 1.807) is 14.2 Å². The molecule has 2 aromatic heterocycles. The third kappa shape index (κ3) is 5.62. The van der Waals surface area contributed by atoms with E-state index in [4.69, 9.17) is 9.47 Å². The standard InChI is InChI=1S/C34H45N5O2/c1-6-29-30-20-25(7-9-31(30)35-34(29)26-8-10-32(40-4)33(21-26)41-5)24-11-17-39(18-12-24)27-13-15-38(16-14-27)22-28-19-23(2)36-37(28)3/h7-10,19-21,24,27,35H,6,11-18,22H2,1-5H3. The van der Waals surface area contributed by atoms with Gasteiger partial charge in [0.1, 0.15) is 0 Å². The lowest BCUT2D eigenvalue weighted by molar-refractivity contribution is 0.0836. The van der Waals surface area contributed by atoms with Gasteiger partial charge in [0.25, 0.3) is 0 Å². The van der Waals surface area contributed by atoms with Crippen LogP contribution >= 0.6 is 0 Å². The van der Waals surface area contributed by atoms with Crippen LogP contribution in [0, 0.1) is 6.92 Å². The summed E-state index contributed by atoms with van der Waals surface area (Å²) >= 11 is 0. The smallest absolute Gasteiger partial charge is 0.161 e. The lowest BCUT2D eigenvalue weighted by Crippen LogP contribution is -2.47. The van der Waals surface area contributed by atoms with E-state index in [1.165, 1.54) is 85.3 Å². The van der Waals surface area contributed by atoms with Gasteiger partial charge in [-0.25, -0.2) is 0 Å². The molecule has 4 heterocycles. The van der Waals surface area contributed by atoms with Crippen LogP contribution in [0.1, 0.15) is 61.0 Å². The van der Waals surface area contributed by atoms with Gasteiger partial charge in [0.2, 0.25) is 0 Å². The Morgan fingerprint density at radius 1 is 0.902 bits per heavy atom. The zero-order valence-corrected chi connectivity index (χ0v) is 25.4. The van der Waals surface area contributed by atoms with Crippen molar-refractivity contribution in [1.29, 1.82) is 0 Å². The van der Waals surface area contributed by atoms with E-state index in [2.05, 4.69) is 77.2 Å². The van der Waals surface area contributed by atoms with Crippen LogP contribution in [0.25, 0.3) is 22.2 Å². The number of ether oxygens (including phenoxy) is 2. The number of aryl methyl sites for hydroxylation is 3. The van der Waals surface area contributed by atoms with Crippen molar-refractivity contribution in [3.63, 3.8) is 0 Å². The number of methoxy groups -OCH3 is 2. The number of fused-ring (bicyclic) bond motifs is 1. The van der Waals surface area contributed by atoms with Gasteiger partial charge in [-0.3, -0.25) is 9.58 Å². The summed E-state index contributed by atoms with van der Waals surface area (Å²) in [6.45, 7) is 10.1. The highest BCUT2D eigenvalue weighted by Crippen LogP contribution is 2.38. The number of rotatable bonds is 8. The normalized spacial score (nSPS) is 17.9. The molecule has 0 saturated carbocycles. The number of hydrogen-bond acceptors (Lipinski definition) is 5. The topological polar surface area (TPSA) is 58.6 Å². The molecule has 7 nitrogen and oxygen atoms in total. The molecule has 1 N–H and O–H groups in total. The zero-order valence-electron chi connectivity index (χ0n) is 25.4. The predicted molar refractivity (Wildman–Crippen MR) is 166 cm³/mol. The number of piperidine rings is 2. The molecule has 2 aromatic carbocycles. The van der Waals surface area contributed by atoms with Crippen LogP contribution in [-0.4, -0.2) is 71.0 Å². The second kappa shape index (κ2) is 11.9. The molecule has 0 atom stereocenters. The number of likely N-dealkylation sites (tertiary alicyclic amines) is 2. The van der Waals surface area contributed by atoms with Crippen LogP contribution in [0.3, 0.4) is 0 Å². The van der Waals surface area contributed by atoms with Crippen LogP contribution in [0.15, 0.2) is 42.5 Å². The maximum atomic E-state index is 5.58. The van der Waals surface area contributed by atoms with E-state index in [1.807, 2.05) is 10.7 Å². The predicted octanol–water partition coefficient (Wildman–Crippen LogP) is 6.30. The summed E-state index contributed by atoms with van der Waals surface area (Å²) in [6, 6.07) is 16.2. The largest absolute Gasteiger partial charge is 0.493 e. The maximum absolute atomic E-state index is 5.58. The van der Waals surface area contributed by atoms with Crippen LogP contribution in [0.4, 0.5) is 0 Å². The highest BCUT2D eigenvalue weighted by atomic mass is 16.5. The van der Waals surface area contributed by atoms with Gasteiger partial charge in [-0.2, -0.15) is 5.10 Å². The van der Waals surface area contributed by atoms with Gasteiger partial charge in [-0.15, -0.1) is 0 Å². The Labute approximate surface area is 244 Å². The van der Waals surface area contributed by atoms with E-state index < -0.39 is 0 Å². The quantitative estimate of drug-likeness (QED) is 0.277. The van der Waals surface area contributed by atoms with Crippen molar-refractivity contribution in [3.8, 4) is 22.8 Å². The van der Waals surface area contributed by atoms with Crippen molar-refractivity contribution in [3.05, 3.63) is 65.0 Å². The van der Waals surface area contributed by atoms with Crippen LogP contribution < -0.4 is 9.47 Å². The van der Waals surface area contributed by atoms with E-state index in [0.29, 0.717) is 5.92 Å². The monoisotopic (exact) mass is 555 g/mol. The summed E-state index contributed by atoms with van der Waals surface area (Å²) in [7, 11) is 5.44. The second-order valence-electron chi connectivity index (χ2n) is 11.9. The molecule has 7 heteroatoms. The molecule has 2 aliphatic heterocycles. The van der Waals surface area contributed by atoms with Crippen molar-refractivity contribution in [2.45, 2.75) is 64.5 Å². The summed E-state index contributed by atoms with van der Waals surface area (Å²) in [5.41, 5.74) is 8.82. The molecular formula is C34H45N5O2. The number of H-pyrrole nitrogens is 1. The van der Waals surface area contributed by atoms with E-state index in [9.17, 15) is 0 Å². The number of aromatic amines is 1. The summed E-state index contributed by atoms with van der Waals surface area (Å²) < 4.78 is 13.1. The van der Waals surface area contributed by atoms with Crippen molar-refractivity contribution >= 4 is 10.9 Å². The van der Waals surface area contributed by atoms with E-state index in [-0.39, 0.29) is 0 Å². The van der Waals surface area contributed by atoms with Crippen LogP contribution in [0.5, 0.6) is 11.5 Å². The minimum absolute atomic E-state index is 0.632. The van der Waals surface area contributed by atoms with E-state index in [0.717, 1.165) is 41.8 Å². The minimum Gasteiger partial charge on any atom is -0.493 e. The van der Waals surface area contributed by atoms with Gasteiger partial charge >= 0.3 is 0 Å². The molecule has 0 amide bonds. The fourth-order valence-corrected chi connectivity index (χ4v) is 7.21. The van der Waals surface area contributed by atoms with Gasteiger partial charge < -0.3 is 19.4 Å². The molecule has 2 saturated heterocycles. The SMILES string of the molecule is CCc1c(-c2ccc(OC)c(OC)c2)[nH]c2ccc(C3CCN(C4CCN(Cc5cc(C)nn5C)CC4)CC3)cc12. The molecule has 2 aliphatic rings. The number of nitrogens with zero attached hydrogens (tertiary/aromatic N) is 4. The molecule has 4 aromatic rings. The first-order valence-electron chi connectivity index (χ1n) is 15.3. The molecule has 0 spiro atoms. The Kier molecular flexibility index (Phi) is 8.09. The van der Waals surface area contributed by atoms with Crippen LogP contribution in [-0.2, 0) is 20.0 Å². The zero-order chi connectivity index (χ0) is 28.5. The number of nitrogens with one attached hydrogen (secondary N) is 1. The molecule has 41 heavy (non-hydrogen) atoms.